The fourth-order valence-corrected chi connectivity index (χ4v) is 20.5. The van der Waals surface area contributed by atoms with Crippen molar-refractivity contribution in [2.75, 3.05) is 0 Å². The maximum absolute atomic E-state index is 4.52. The van der Waals surface area contributed by atoms with Gasteiger partial charge < -0.3 is 0 Å². The number of aryl methyl sites for hydroxylation is 6. The van der Waals surface area contributed by atoms with Crippen LogP contribution in [0, 0.1) is 41.5 Å². The maximum Gasteiger partial charge on any atom is 0.0450 e. The van der Waals surface area contributed by atoms with Crippen molar-refractivity contribution in [3.63, 3.8) is 0 Å². The Bertz CT molecular complexity index is 8750. The van der Waals surface area contributed by atoms with Crippen LogP contribution < -0.4 is 0 Å². The van der Waals surface area contributed by atoms with E-state index in [1.165, 1.54) is 232 Å². The molecule has 0 aliphatic rings. The van der Waals surface area contributed by atoms with E-state index in [0.717, 1.165) is 33.9 Å². The molecule has 6 heteroatoms. The van der Waals surface area contributed by atoms with Gasteiger partial charge in [-0.25, -0.2) is 0 Å². The van der Waals surface area contributed by atoms with Gasteiger partial charge in [-0.05, 0) is 364 Å². The van der Waals surface area contributed by atoms with Crippen molar-refractivity contribution in [2.45, 2.75) is 41.5 Å². The first-order valence-electron chi connectivity index (χ1n) is 47.2. The molecule has 0 aliphatic heterocycles. The van der Waals surface area contributed by atoms with Crippen LogP contribution in [0.25, 0.3) is 232 Å². The van der Waals surface area contributed by atoms with E-state index in [9.17, 15) is 0 Å². The van der Waals surface area contributed by atoms with Crippen molar-refractivity contribution < 1.29 is 0 Å². The monoisotopic (exact) mass is 1760 g/mol. The molecule has 18 aromatic carbocycles. The average Bonchev–Trinajstić information content (AvgIpc) is 0.758. The second-order valence-corrected chi connectivity index (χ2v) is 35.8. The zero-order valence-electron chi connectivity index (χ0n) is 77.7. The molecule has 0 saturated carbocycles. The molecule has 6 nitrogen and oxygen atoms in total. The van der Waals surface area contributed by atoms with E-state index in [-0.39, 0.29) is 0 Å². The van der Waals surface area contributed by atoms with Crippen LogP contribution in [0.2, 0.25) is 0 Å². The number of nitrogens with zero attached hydrogens (tertiary/aromatic N) is 6. The van der Waals surface area contributed by atoms with E-state index in [1.807, 2.05) is 75.6 Å². The minimum absolute atomic E-state index is 1.01. The molecule has 0 radical (unpaired) electrons. The summed E-state index contributed by atoms with van der Waals surface area (Å²) in [5.74, 6) is 0. The fraction of sp³-hybridized carbons (Fsp3) is 0.0455. The van der Waals surface area contributed by atoms with Gasteiger partial charge in [0.25, 0.3) is 0 Å². The molecule has 6 aromatic heterocycles. The highest BCUT2D eigenvalue weighted by molar-refractivity contribution is 6.25. The highest BCUT2D eigenvalue weighted by atomic mass is 14.7. The number of hydrogen-bond donors (Lipinski definition) is 0. The third kappa shape index (κ3) is 16.9. The van der Waals surface area contributed by atoms with Crippen LogP contribution >= 0.6 is 0 Å². The summed E-state index contributed by atoms with van der Waals surface area (Å²) >= 11 is 0. The van der Waals surface area contributed by atoms with Gasteiger partial charge in [-0.1, -0.05) is 334 Å². The normalized spacial score (nSPS) is 11.3. The van der Waals surface area contributed by atoms with Crippen LogP contribution in [-0.4, -0.2) is 29.9 Å². The van der Waals surface area contributed by atoms with E-state index in [4.69, 9.17) is 0 Å². The Morgan fingerprint density at radius 3 is 0.717 bits per heavy atom. The van der Waals surface area contributed by atoms with Gasteiger partial charge in [-0.3, -0.25) is 29.9 Å². The third-order valence-electron chi connectivity index (χ3n) is 27.1. The zero-order valence-corrected chi connectivity index (χ0v) is 77.7. The molecular weight excluding hydrogens is 1670 g/mol. The standard InChI is InChI=1S/3C44H32N2/c1-29-27-45-22-20-37(29)33-12-8-14-35(24-33)43-39-16-6-7-17-40(39)44(36-15-9-13-34(25-36)38-21-23-46-28-30(38)2)42-26-32(18-19-41(42)43)31-10-4-3-5-11-31;1-29-24-35(20-22-45-29)32-12-8-14-37(26-32)43-39-16-6-7-17-40(39)44(38-15-9-13-33(27-38)36-21-23-46-30(2)25-36)42-28-34(18-19-41(42)43)31-10-4-3-5-11-31;1-29-37(14-8-26-45-29)32-16-20-34(21-17-32)43-39-12-6-7-13-40(39)44(35-22-18-33(19-23-35)38-15-9-27-46-30(38)2)42-28-36(24-25-41(42)43)31-10-4-3-5-11-31/h3*3-28H,1-2H3. The summed E-state index contributed by atoms with van der Waals surface area (Å²) in [6.45, 7) is 12.5. The summed E-state index contributed by atoms with van der Waals surface area (Å²) in [5, 5.41) is 14.9. The van der Waals surface area contributed by atoms with Gasteiger partial charge in [-0.2, -0.15) is 0 Å². The molecule has 6 heterocycles. The van der Waals surface area contributed by atoms with E-state index >= 15 is 0 Å². The maximum atomic E-state index is 4.52. The Hall–Kier alpha value is -17.6. The first kappa shape index (κ1) is 85.9. The quantitative estimate of drug-likeness (QED) is 0.0952. The lowest BCUT2D eigenvalue weighted by Gasteiger charge is -2.20. The highest BCUT2D eigenvalue weighted by Crippen LogP contribution is 2.51. The molecule has 138 heavy (non-hydrogen) atoms. The molecule has 0 amide bonds. The van der Waals surface area contributed by atoms with Gasteiger partial charge in [0.2, 0.25) is 0 Å². The SMILES string of the molecule is Cc1cc(-c2cccc(-c3c4ccccc4c(-c4cccc(-c5ccnc(C)c5)c4)c4cc(-c5ccccc5)ccc34)c2)ccn1.Cc1cnccc1-c1cccc(-c2c3ccccc3c(-c3cccc(-c4ccncc4C)c3)c3cc(-c4ccccc4)ccc23)c1.Cc1ncccc1-c1ccc(-c2c3ccccc3c(-c3ccc(-c4cccnc4C)cc3)c3cc(-c4ccccc4)ccc23)cc1. The molecule has 0 saturated heterocycles. The number of pyridine rings is 6. The summed E-state index contributed by atoms with van der Waals surface area (Å²) in [6.07, 6.45) is 15.1. The molecule has 0 spiro atoms. The van der Waals surface area contributed by atoms with Gasteiger partial charge in [-0.15, -0.1) is 0 Å². The van der Waals surface area contributed by atoms with Gasteiger partial charge in [0, 0.05) is 83.5 Å². The molecule has 24 aromatic rings. The molecule has 0 bridgehead atoms. The lowest BCUT2D eigenvalue weighted by Crippen LogP contribution is -1.93. The smallest absolute Gasteiger partial charge is 0.0450 e. The molecule has 0 atom stereocenters. The largest absolute Gasteiger partial charge is 0.264 e. The van der Waals surface area contributed by atoms with Crippen LogP contribution in [0.3, 0.4) is 0 Å². The van der Waals surface area contributed by atoms with Crippen molar-refractivity contribution in [2.24, 2.45) is 0 Å². The zero-order chi connectivity index (χ0) is 93.1. The van der Waals surface area contributed by atoms with Crippen molar-refractivity contribution in [3.8, 4) is 167 Å². The summed E-state index contributed by atoms with van der Waals surface area (Å²) in [7, 11) is 0. The molecule has 24 rings (SSSR count). The van der Waals surface area contributed by atoms with Crippen LogP contribution in [0.1, 0.15) is 33.9 Å². The number of benzene rings is 18. The summed E-state index contributed by atoms with van der Waals surface area (Å²) in [4.78, 5) is 26.6. The van der Waals surface area contributed by atoms with Gasteiger partial charge >= 0.3 is 0 Å². The number of aromatic nitrogens is 6. The number of fused-ring (bicyclic) bond motifs is 6. The molecule has 0 unspecified atom stereocenters. The average molecular weight is 1770 g/mol. The Morgan fingerprint density at radius 1 is 0.138 bits per heavy atom. The topological polar surface area (TPSA) is 77.3 Å². The number of hydrogen-bond acceptors (Lipinski definition) is 6. The predicted molar refractivity (Wildman–Crippen MR) is 581 cm³/mol. The lowest BCUT2D eigenvalue weighted by molar-refractivity contribution is 1.20. The van der Waals surface area contributed by atoms with Crippen molar-refractivity contribution >= 4 is 64.6 Å². The minimum atomic E-state index is 1.01. The summed E-state index contributed by atoms with van der Waals surface area (Å²) in [5.41, 5.74) is 42.6. The van der Waals surface area contributed by atoms with Crippen molar-refractivity contribution in [3.05, 3.63) is 508 Å². The Balaban J connectivity index is 0.000000119. The molecule has 0 N–H and O–H groups in total. The minimum Gasteiger partial charge on any atom is -0.264 e. The van der Waals surface area contributed by atoms with Crippen LogP contribution in [-0.2, 0) is 0 Å². The van der Waals surface area contributed by atoms with Crippen LogP contribution in [0.5, 0.6) is 0 Å². The number of rotatable bonds is 15. The molecule has 0 fully saturated rings. The second kappa shape index (κ2) is 37.8. The lowest BCUT2D eigenvalue weighted by atomic mass is 9.84. The van der Waals surface area contributed by atoms with Crippen molar-refractivity contribution in [1.29, 1.82) is 0 Å². The Kier molecular flexibility index (Phi) is 23.5. The Labute approximate surface area is 805 Å². The van der Waals surface area contributed by atoms with E-state index in [1.54, 1.807) is 0 Å². The highest BCUT2D eigenvalue weighted by Gasteiger charge is 2.25. The predicted octanol–water partition coefficient (Wildman–Crippen LogP) is 35.2. The van der Waals surface area contributed by atoms with Crippen molar-refractivity contribution in [1.82, 2.24) is 29.9 Å². The summed E-state index contributed by atoms with van der Waals surface area (Å²) in [6, 6.07) is 154. The molecule has 654 valence electrons. The summed E-state index contributed by atoms with van der Waals surface area (Å²) < 4.78 is 0. The first-order valence-corrected chi connectivity index (χ1v) is 47.2. The fourth-order valence-electron chi connectivity index (χ4n) is 20.5. The van der Waals surface area contributed by atoms with E-state index < -0.39 is 0 Å². The third-order valence-corrected chi connectivity index (χ3v) is 27.1. The first-order chi connectivity index (χ1) is 67.9. The van der Waals surface area contributed by atoms with Gasteiger partial charge in [0.05, 0.1) is 0 Å². The molecular formula is C132H96N6. The van der Waals surface area contributed by atoms with Gasteiger partial charge in [0.15, 0.2) is 0 Å². The second-order valence-electron chi connectivity index (χ2n) is 35.8. The van der Waals surface area contributed by atoms with Crippen LogP contribution in [0.15, 0.2) is 474 Å². The van der Waals surface area contributed by atoms with E-state index in [0.29, 0.717) is 0 Å². The Morgan fingerprint density at radius 2 is 0.391 bits per heavy atom. The van der Waals surface area contributed by atoms with Gasteiger partial charge in [0.1, 0.15) is 0 Å². The van der Waals surface area contributed by atoms with E-state index in [2.05, 4.69) is 470 Å². The van der Waals surface area contributed by atoms with Crippen LogP contribution in [0.4, 0.5) is 0 Å². The molecule has 0 aliphatic carbocycles.